The average molecular weight is 434 g/mol. The predicted octanol–water partition coefficient (Wildman–Crippen LogP) is 3.61. The van der Waals surface area contributed by atoms with Crippen LogP contribution in [0.2, 0.25) is 0 Å². The molecule has 1 N–H and O–H groups in total. The van der Waals surface area contributed by atoms with E-state index in [0.717, 1.165) is 17.7 Å². The molecule has 0 bridgehead atoms. The van der Waals surface area contributed by atoms with Gasteiger partial charge in [0.2, 0.25) is 5.91 Å². The summed E-state index contributed by atoms with van der Waals surface area (Å²) < 4.78 is 47.2. The van der Waals surface area contributed by atoms with Gasteiger partial charge in [-0.2, -0.15) is 0 Å². The number of piperazine rings is 1. The van der Waals surface area contributed by atoms with Gasteiger partial charge in [0.1, 0.15) is 23.1 Å². The summed E-state index contributed by atoms with van der Waals surface area (Å²) in [7, 11) is 0. The number of nitrogens with zero attached hydrogens (tertiary/aromatic N) is 1. The van der Waals surface area contributed by atoms with Gasteiger partial charge in [-0.05, 0) is 43.2 Å². The number of carbonyl (C=O) groups is 2. The summed E-state index contributed by atoms with van der Waals surface area (Å²) in [5.74, 6) is -0.666. The van der Waals surface area contributed by atoms with E-state index < -0.39 is 29.7 Å². The highest BCUT2D eigenvalue weighted by atomic mass is 19.4. The number of carbonyl (C=O) groups excluding carboxylic acids is 2. The molecule has 4 rings (SSSR count). The van der Waals surface area contributed by atoms with Crippen molar-refractivity contribution in [2.75, 3.05) is 13.1 Å². The lowest BCUT2D eigenvalue weighted by atomic mass is 9.98. The molecule has 31 heavy (non-hydrogen) atoms. The first-order valence-corrected chi connectivity index (χ1v) is 9.79. The van der Waals surface area contributed by atoms with Crippen LogP contribution in [-0.4, -0.2) is 41.8 Å². The number of hydrogen-bond donors (Lipinski definition) is 1. The van der Waals surface area contributed by atoms with E-state index in [1.807, 2.05) is 19.9 Å². The van der Waals surface area contributed by atoms with Crippen LogP contribution < -0.4 is 14.8 Å². The van der Waals surface area contributed by atoms with Crippen LogP contribution in [0.4, 0.5) is 13.2 Å². The molecule has 164 valence electrons. The van der Waals surface area contributed by atoms with E-state index >= 15 is 0 Å². The van der Waals surface area contributed by atoms with Gasteiger partial charge in [-0.1, -0.05) is 24.3 Å². The molecule has 2 amide bonds. The summed E-state index contributed by atoms with van der Waals surface area (Å²) in [5.41, 5.74) is 1.22. The Hall–Kier alpha value is -3.23. The highest BCUT2D eigenvalue weighted by molar-refractivity contribution is 6.01. The quantitative estimate of drug-likeness (QED) is 0.802. The van der Waals surface area contributed by atoms with Gasteiger partial charge in [-0.3, -0.25) is 9.59 Å². The molecule has 1 unspecified atom stereocenters. The van der Waals surface area contributed by atoms with Crippen LogP contribution in [0.5, 0.6) is 11.5 Å². The molecule has 2 aliphatic heterocycles. The van der Waals surface area contributed by atoms with Crippen molar-refractivity contribution in [3.05, 3.63) is 59.2 Å². The van der Waals surface area contributed by atoms with Crippen molar-refractivity contribution in [3.8, 4) is 11.5 Å². The van der Waals surface area contributed by atoms with E-state index in [0.29, 0.717) is 23.3 Å². The molecule has 0 aromatic heterocycles. The Labute approximate surface area is 176 Å². The molecular weight excluding hydrogens is 413 g/mol. The third-order valence-corrected chi connectivity index (χ3v) is 5.22. The van der Waals surface area contributed by atoms with E-state index in [4.69, 9.17) is 4.74 Å². The van der Waals surface area contributed by atoms with Crippen LogP contribution in [0.25, 0.3) is 0 Å². The second kappa shape index (κ2) is 7.47. The first-order chi connectivity index (χ1) is 14.5. The van der Waals surface area contributed by atoms with Crippen LogP contribution >= 0.6 is 0 Å². The summed E-state index contributed by atoms with van der Waals surface area (Å²) in [6, 6.07) is 9.31. The number of benzene rings is 2. The smallest absolute Gasteiger partial charge is 0.486 e. The molecule has 2 heterocycles. The zero-order valence-corrected chi connectivity index (χ0v) is 17.0. The third-order valence-electron chi connectivity index (χ3n) is 5.22. The van der Waals surface area contributed by atoms with Crippen LogP contribution in [0.1, 0.15) is 41.4 Å². The molecule has 0 saturated carbocycles. The molecule has 2 aromatic carbocycles. The monoisotopic (exact) mass is 434 g/mol. The first-order valence-electron chi connectivity index (χ1n) is 9.79. The Kier molecular flexibility index (Phi) is 5.07. The number of hydrogen-bond acceptors (Lipinski definition) is 4. The minimum atomic E-state index is -4.81. The van der Waals surface area contributed by atoms with Crippen molar-refractivity contribution < 1.29 is 32.2 Å². The Morgan fingerprint density at radius 2 is 1.90 bits per heavy atom. The Morgan fingerprint density at radius 3 is 2.58 bits per heavy atom. The fourth-order valence-corrected chi connectivity index (χ4v) is 4.01. The lowest BCUT2D eigenvalue weighted by molar-refractivity contribution is -0.274. The van der Waals surface area contributed by atoms with Crippen molar-refractivity contribution in [3.63, 3.8) is 0 Å². The third kappa shape index (κ3) is 4.30. The van der Waals surface area contributed by atoms with Gasteiger partial charge in [0, 0.05) is 19.5 Å². The minimum absolute atomic E-state index is 0.253. The largest absolute Gasteiger partial charge is 0.573 e. The van der Waals surface area contributed by atoms with Gasteiger partial charge in [-0.15, -0.1) is 13.2 Å². The number of amides is 2. The van der Waals surface area contributed by atoms with Crippen LogP contribution in [0.3, 0.4) is 0 Å². The van der Waals surface area contributed by atoms with Crippen LogP contribution in [0, 0.1) is 0 Å². The fourth-order valence-electron chi connectivity index (χ4n) is 4.01. The molecule has 0 spiro atoms. The molecule has 6 nitrogen and oxygen atoms in total. The summed E-state index contributed by atoms with van der Waals surface area (Å²) in [6.45, 7) is 4.40. The molecular formula is C22H21F3N2O4. The normalized spacial score (nSPS) is 20.0. The highest BCUT2D eigenvalue weighted by Crippen LogP contribution is 2.39. The zero-order valence-electron chi connectivity index (χ0n) is 17.0. The SMILES string of the molecule is CC1(C)Cc2cccc(C(=O)N3CCNC(=O)C3c3ccc(OC(F)(F)F)cc3)c2O1. The fraction of sp³-hybridized carbons (Fsp3) is 0.364. The zero-order chi connectivity index (χ0) is 22.4. The second-order valence-corrected chi connectivity index (χ2v) is 8.14. The highest BCUT2D eigenvalue weighted by Gasteiger charge is 2.39. The average Bonchev–Trinajstić information content (AvgIpc) is 3.00. The number of nitrogens with one attached hydrogen (secondary N) is 1. The summed E-state index contributed by atoms with van der Waals surface area (Å²) in [4.78, 5) is 27.5. The number of ether oxygens (including phenoxy) is 2. The number of alkyl halides is 3. The number of fused-ring (bicyclic) bond motifs is 1. The van der Waals surface area contributed by atoms with Gasteiger partial charge in [0.15, 0.2) is 0 Å². The van der Waals surface area contributed by atoms with Crippen LogP contribution in [0.15, 0.2) is 42.5 Å². The maximum atomic E-state index is 13.4. The van der Waals surface area contributed by atoms with E-state index in [9.17, 15) is 22.8 Å². The van der Waals surface area contributed by atoms with E-state index in [1.165, 1.54) is 17.0 Å². The minimum Gasteiger partial charge on any atom is -0.486 e. The van der Waals surface area contributed by atoms with Crippen molar-refractivity contribution in [1.82, 2.24) is 10.2 Å². The molecule has 0 radical (unpaired) electrons. The van der Waals surface area contributed by atoms with Crippen molar-refractivity contribution in [2.24, 2.45) is 0 Å². The maximum absolute atomic E-state index is 13.4. The molecule has 0 aliphatic carbocycles. The standard InChI is InChI=1S/C22H21F3N2O4/c1-21(2)12-14-4-3-5-16(18(14)31-21)20(29)27-11-10-26-19(28)17(27)13-6-8-15(9-7-13)30-22(23,24)25/h3-9,17H,10-12H2,1-2H3,(H,26,28). The first kappa shape index (κ1) is 21.0. The maximum Gasteiger partial charge on any atom is 0.573 e. The molecule has 1 saturated heterocycles. The van der Waals surface area contributed by atoms with Gasteiger partial charge in [-0.25, -0.2) is 0 Å². The Bertz CT molecular complexity index is 1020. The van der Waals surface area contributed by atoms with Crippen molar-refractivity contribution in [2.45, 2.75) is 38.3 Å². The van der Waals surface area contributed by atoms with Gasteiger partial charge < -0.3 is 19.7 Å². The molecule has 1 fully saturated rings. The Balaban J connectivity index is 1.64. The van der Waals surface area contributed by atoms with Crippen molar-refractivity contribution in [1.29, 1.82) is 0 Å². The van der Waals surface area contributed by atoms with Gasteiger partial charge >= 0.3 is 6.36 Å². The van der Waals surface area contributed by atoms with Crippen LogP contribution in [-0.2, 0) is 11.2 Å². The topological polar surface area (TPSA) is 67.9 Å². The van der Waals surface area contributed by atoms with E-state index in [2.05, 4.69) is 10.1 Å². The molecule has 1 atom stereocenters. The summed E-state index contributed by atoms with van der Waals surface area (Å²) in [6.07, 6.45) is -4.15. The predicted molar refractivity (Wildman–Crippen MR) is 105 cm³/mol. The molecule has 2 aromatic rings. The van der Waals surface area contributed by atoms with E-state index in [1.54, 1.807) is 12.1 Å². The summed E-state index contributed by atoms with van der Waals surface area (Å²) >= 11 is 0. The molecule has 2 aliphatic rings. The van der Waals surface area contributed by atoms with Gasteiger partial charge in [0.05, 0.1) is 5.56 Å². The van der Waals surface area contributed by atoms with Gasteiger partial charge in [0.25, 0.3) is 5.91 Å². The van der Waals surface area contributed by atoms with E-state index in [-0.39, 0.29) is 19.0 Å². The molecule has 9 heteroatoms. The Morgan fingerprint density at radius 1 is 1.19 bits per heavy atom. The lowest BCUT2D eigenvalue weighted by Gasteiger charge is -2.35. The number of para-hydroxylation sites is 1. The number of halogens is 3. The summed E-state index contributed by atoms with van der Waals surface area (Å²) in [5, 5.41) is 2.71. The van der Waals surface area contributed by atoms with Crippen molar-refractivity contribution >= 4 is 11.8 Å². The number of rotatable bonds is 3. The lowest BCUT2D eigenvalue weighted by Crippen LogP contribution is -2.52. The second-order valence-electron chi connectivity index (χ2n) is 8.14.